The number of anilines is 1. The zero-order chi connectivity index (χ0) is 19.6. The number of rotatable bonds is 5. The predicted octanol–water partition coefficient (Wildman–Crippen LogP) is 1.82. The van der Waals surface area contributed by atoms with E-state index < -0.39 is 17.4 Å². The lowest BCUT2D eigenvalue weighted by molar-refractivity contribution is -0.116. The normalized spacial score (nSPS) is 10.8. The molecule has 1 aromatic carbocycles. The summed E-state index contributed by atoms with van der Waals surface area (Å²) in [5, 5.41) is 6.19. The smallest absolute Gasteiger partial charge is 0.361 e. The van der Waals surface area contributed by atoms with E-state index in [1.54, 1.807) is 26.0 Å². The van der Waals surface area contributed by atoms with Gasteiger partial charge in [0.15, 0.2) is 0 Å². The molecule has 27 heavy (non-hydrogen) atoms. The topological polar surface area (TPSA) is 116 Å². The van der Waals surface area contributed by atoms with Gasteiger partial charge < -0.3 is 14.6 Å². The second-order valence-corrected chi connectivity index (χ2v) is 5.90. The van der Waals surface area contributed by atoms with Crippen molar-refractivity contribution in [3.63, 3.8) is 0 Å². The van der Waals surface area contributed by atoms with Crippen molar-refractivity contribution >= 4 is 28.7 Å². The zero-order valence-corrected chi connectivity index (χ0v) is 15.1. The number of carbonyl (C=O) groups excluding carboxylic acids is 2. The quantitative estimate of drug-likeness (QED) is 0.681. The molecular formula is C18H18N4O5. The molecule has 0 aliphatic heterocycles. The maximum Gasteiger partial charge on any atom is 0.361 e. The average Bonchev–Trinajstić information content (AvgIpc) is 3.05. The number of ether oxygens (including phenoxy) is 1. The number of aromatic nitrogens is 3. The van der Waals surface area contributed by atoms with E-state index in [1.165, 1.54) is 0 Å². The van der Waals surface area contributed by atoms with Gasteiger partial charge in [0.2, 0.25) is 11.6 Å². The van der Waals surface area contributed by atoms with Crippen LogP contribution in [0, 0.1) is 13.8 Å². The molecule has 9 heteroatoms. The molecule has 1 amide bonds. The summed E-state index contributed by atoms with van der Waals surface area (Å²) in [5.41, 5.74) is 0.754. The number of nitrogens with zero attached hydrogens (tertiary/aromatic N) is 3. The third-order valence-corrected chi connectivity index (χ3v) is 3.89. The number of esters is 1. The number of fused-ring (bicyclic) bond motifs is 1. The molecule has 3 aromatic rings. The highest BCUT2D eigenvalue weighted by Gasteiger charge is 2.24. The molecule has 0 saturated carbocycles. The fourth-order valence-corrected chi connectivity index (χ4v) is 2.55. The molecule has 0 bridgehead atoms. The number of hydrogen-bond acceptors (Lipinski definition) is 7. The first kappa shape index (κ1) is 18.3. The summed E-state index contributed by atoms with van der Waals surface area (Å²) in [5.74, 6) is -0.924. The standard InChI is InChI=1S/C18H18N4O5/c1-4-26-18(25)15-14-16(27-21-15)19-11(3)22(17(14)24)9-13(23)20-12-7-5-10(2)6-8-12/h5-8H,4,9H2,1-3H3,(H,20,23). The first-order valence-corrected chi connectivity index (χ1v) is 8.31. The van der Waals surface area contributed by atoms with Crippen LogP contribution in [-0.4, -0.2) is 33.2 Å². The van der Waals surface area contributed by atoms with Crippen molar-refractivity contribution < 1.29 is 18.8 Å². The Morgan fingerprint density at radius 3 is 2.59 bits per heavy atom. The Hall–Kier alpha value is -3.49. The van der Waals surface area contributed by atoms with Crippen LogP contribution in [0.2, 0.25) is 0 Å². The highest BCUT2D eigenvalue weighted by Crippen LogP contribution is 2.14. The number of benzene rings is 1. The predicted molar refractivity (Wildman–Crippen MR) is 96.6 cm³/mol. The van der Waals surface area contributed by atoms with Crippen molar-refractivity contribution in [3.05, 3.63) is 51.7 Å². The molecule has 0 fully saturated rings. The Labute approximate surface area is 153 Å². The first-order chi connectivity index (χ1) is 12.9. The van der Waals surface area contributed by atoms with Gasteiger partial charge in [0.1, 0.15) is 17.8 Å². The molecule has 1 N–H and O–H groups in total. The second-order valence-electron chi connectivity index (χ2n) is 5.90. The third-order valence-electron chi connectivity index (χ3n) is 3.89. The van der Waals surface area contributed by atoms with Gasteiger partial charge >= 0.3 is 5.97 Å². The summed E-state index contributed by atoms with van der Waals surface area (Å²) >= 11 is 0. The van der Waals surface area contributed by atoms with Crippen LogP contribution in [0.4, 0.5) is 5.69 Å². The maximum absolute atomic E-state index is 12.8. The summed E-state index contributed by atoms with van der Waals surface area (Å²) in [6.45, 7) is 4.99. The van der Waals surface area contributed by atoms with Crippen molar-refractivity contribution in [2.75, 3.05) is 11.9 Å². The molecule has 0 radical (unpaired) electrons. The average molecular weight is 370 g/mol. The first-order valence-electron chi connectivity index (χ1n) is 8.31. The SMILES string of the molecule is CCOC(=O)c1noc2nc(C)n(CC(=O)Nc3ccc(C)cc3)c(=O)c12. The Kier molecular flexibility index (Phi) is 5.02. The summed E-state index contributed by atoms with van der Waals surface area (Å²) < 4.78 is 11.0. The molecule has 3 rings (SSSR count). The van der Waals surface area contributed by atoms with Crippen LogP contribution in [0.3, 0.4) is 0 Å². The minimum Gasteiger partial charge on any atom is -0.461 e. The van der Waals surface area contributed by atoms with Gasteiger partial charge in [-0.05, 0) is 32.9 Å². The third kappa shape index (κ3) is 3.71. The second kappa shape index (κ2) is 7.40. The van der Waals surface area contributed by atoms with Crippen molar-refractivity contribution in [2.45, 2.75) is 27.3 Å². The van der Waals surface area contributed by atoms with Gasteiger partial charge in [0, 0.05) is 5.69 Å². The van der Waals surface area contributed by atoms with Gasteiger partial charge in [-0.1, -0.05) is 22.9 Å². The van der Waals surface area contributed by atoms with Crippen LogP contribution in [0.25, 0.3) is 11.1 Å². The van der Waals surface area contributed by atoms with Gasteiger partial charge in [-0.2, -0.15) is 4.98 Å². The lowest BCUT2D eigenvalue weighted by Crippen LogP contribution is -2.30. The number of aryl methyl sites for hydroxylation is 2. The summed E-state index contributed by atoms with van der Waals surface area (Å²) in [7, 11) is 0. The number of carbonyl (C=O) groups is 2. The van der Waals surface area contributed by atoms with E-state index in [1.807, 2.05) is 19.1 Å². The minimum absolute atomic E-state index is 0.0734. The van der Waals surface area contributed by atoms with Crippen LogP contribution in [-0.2, 0) is 16.1 Å². The summed E-state index contributed by atoms with van der Waals surface area (Å²) in [6.07, 6.45) is 0. The molecular weight excluding hydrogens is 352 g/mol. The van der Waals surface area contributed by atoms with Crippen LogP contribution < -0.4 is 10.9 Å². The van der Waals surface area contributed by atoms with Crippen molar-refractivity contribution in [1.82, 2.24) is 14.7 Å². The lowest BCUT2D eigenvalue weighted by Gasteiger charge is -2.10. The molecule has 140 valence electrons. The monoisotopic (exact) mass is 370 g/mol. The minimum atomic E-state index is -0.783. The van der Waals surface area contributed by atoms with E-state index in [9.17, 15) is 14.4 Å². The fourth-order valence-electron chi connectivity index (χ4n) is 2.55. The highest BCUT2D eigenvalue weighted by molar-refractivity contribution is 6.00. The number of nitrogens with one attached hydrogen (secondary N) is 1. The van der Waals surface area contributed by atoms with E-state index in [0.717, 1.165) is 10.1 Å². The van der Waals surface area contributed by atoms with Crippen LogP contribution in [0.15, 0.2) is 33.6 Å². The van der Waals surface area contributed by atoms with Crippen LogP contribution in [0.5, 0.6) is 0 Å². The lowest BCUT2D eigenvalue weighted by atomic mass is 10.2. The molecule has 0 aliphatic carbocycles. The Balaban J connectivity index is 1.92. The molecule has 0 saturated heterocycles. The van der Waals surface area contributed by atoms with E-state index in [0.29, 0.717) is 5.69 Å². The number of hydrogen-bond donors (Lipinski definition) is 1. The van der Waals surface area contributed by atoms with E-state index in [-0.39, 0.29) is 35.8 Å². The molecule has 0 atom stereocenters. The number of amides is 1. The maximum atomic E-state index is 12.8. The molecule has 0 aliphatic rings. The van der Waals surface area contributed by atoms with Crippen molar-refractivity contribution in [3.8, 4) is 0 Å². The molecule has 9 nitrogen and oxygen atoms in total. The van der Waals surface area contributed by atoms with Crippen molar-refractivity contribution in [2.24, 2.45) is 0 Å². The summed E-state index contributed by atoms with van der Waals surface area (Å²) in [4.78, 5) is 41.2. The Morgan fingerprint density at radius 2 is 1.93 bits per heavy atom. The van der Waals surface area contributed by atoms with Gasteiger partial charge in [-0.15, -0.1) is 0 Å². The van der Waals surface area contributed by atoms with Gasteiger partial charge in [-0.3, -0.25) is 14.2 Å². The Morgan fingerprint density at radius 1 is 1.22 bits per heavy atom. The molecule has 2 aromatic heterocycles. The van der Waals surface area contributed by atoms with Gasteiger partial charge in [-0.25, -0.2) is 4.79 Å². The highest BCUT2D eigenvalue weighted by atomic mass is 16.5. The van der Waals surface area contributed by atoms with Crippen molar-refractivity contribution in [1.29, 1.82) is 0 Å². The molecule has 2 heterocycles. The largest absolute Gasteiger partial charge is 0.461 e. The van der Waals surface area contributed by atoms with Crippen LogP contribution >= 0.6 is 0 Å². The molecule has 0 spiro atoms. The Bertz CT molecular complexity index is 1070. The fraction of sp³-hybridized carbons (Fsp3) is 0.278. The van der Waals surface area contributed by atoms with E-state index in [4.69, 9.17) is 9.26 Å². The van der Waals surface area contributed by atoms with E-state index >= 15 is 0 Å². The van der Waals surface area contributed by atoms with Crippen LogP contribution in [0.1, 0.15) is 28.8 Å². The summed E-state index contributed by atoms with van der Waals surface area (Å²) in [6, 6.07) is 7.26. The van der Waals surface area contributed by atoms with Gasteiger partial charge in [0.05, 0.1) is 6.61 Å². The zero-order valence-electron chi connectivity index (χ0n) is 15.1. The van der Waals surface area contributed by atoms with E-state index in [2.05, 4.69) is 15.5 Å². The molecule has 0 unspecified atom stereocenters. The van der Waals surface area contributed by atoms with Gasteiger partial charge in [0.25, 0.3) is 11.3 Å².